The first kappa shape index (κ1) is 45.2. The van der Waals surface area contributed by atoms with E-state index in [1.54, 1.807) is 47.0 Å². The normalized spacial score (nSPS) is 47.0. The molecule has 8 aliphatic rings. The van der Waals surface area contributed by atoms with Gasteiger partial charge in [0.15, 0.2) is 0 Å². The van der Waals surface area contributed by atoms with E-state index >= 15 is 0 Å². The van der Waals surface area contributed by atoms with E-state index in [1.165, 1.54) is 0 Å². The third-order valence-electron chi connectivity index (χ3n) is 14.6. The maximum absolute atomic E-state index is 11.5. The number of hydrogen-bond donors (Lipinski definition) is 8. The van der Waals surface area contributed by atoms with Gasteiger partial charge >= 0.3 is 0 Å². The monoisotopic (exact) mass is 832 g/mol. The van der Waals surface area contributed by atoms with E-state index in [1.807, 2.05) is 13.8 Å². The average molecular weight is 833 g/mol. The van der Waals surface area contributed by atoms with Gasteiger partial charge in [-0.05, 0) is 137 Å². The van der Waals surface area contributed by atoms with Crippen molar-refractivity contribution < 1.29 is 30.0 Å². The minimum Gasteiger partial charge on any atom is -0.392 e. The minimum atomic E-state index is -0.153. The Kier molecular flexibility index (Phi) is 17.1. The topological polar surface area (TPSA) is 191 Å². The molecule has 0 saturated heterocycles. The van der Waals surface area contributed by atoms with Crippen molar-refractivity contribution >= 4 is 58.9 Å². The summed E-state index contributed by atoms with van der Waals surface area (Å²) in [5.74, 6) is 4.58. The summed E-state index contributed by atoms with van der Waals surface area (Å²) in [5, 5.41) is 47.3. The lowest BCUT2D eigenvalue weighted by Gasteiger charge is -2.41. The fraction of sp³-hybridized carbons (Fsp3) is 0.950. The molecule has 0 aliphatic heterocycles. The fourth-order valence-corrected chi connectivity index (χ4v) is 14.6. The molecule has 10 N–H and O–H groups in total. The van der Waals surface area contributed by atoms with Gasteiger partial charge in [-0.3, -0.25) is 9.59 Å². The SMILES string of the molecule is CCCC(=O)N[C@@H]1C[C@@H]2[C@@H](O)[C@H](SC)C[C@@H]21.CCCC(=O)N[C@H]1C[C@H]2[C@H](O)[C@@H](SC)C[C@H]21.CS[C@@H]1C[C@H]2[C@H](C[C@H]2N)[C@H]1O.CS[C@H]1C[C@@H]2[C@@H](C[C@@H]2N)[C@@H]1O. The van der Waals surface area contributed by atoms with Crippen LogP contribution in [-0.4, -0.2) is 127 Å². The predicted octanol–water partition coefficient (Wildman–Crippen LogP) is 3.70. The lowest BCUT2D eigenvalue weighted by molar-refractivity contribution is -0.124. The molecule has 20 atom stereocenters. The van der Waals surface area contributed by atoms with E-state index in [2.05, 4.69) is 35.7 Å². The number of aliphatic hydroxyl groups excluding tert-OH is 4. The lowest BCUT2D eigenvalue weighted by Crippen LogP contribution is -2.52. The molecule has 8 rings (SSSR count). The molecule has 8 aliphatic carbocycles. The molecule has 0 heterocycles. The second kappa shape index (κ2) is 20.4. The summed E-state index contributed by atoms with van der Waals surface area (Å²) in [6.07, 6.45) is 19.3. The van der Waals surface area contributed by atoms with Gasteiger partial charge in [-0.2, -0.15) is 47.0 Å². The zero-order valence-corrected chi connectivity index (χ0v) is 36.7. The second-order valence-corrected chi connectivity index (χ2v) is 21.7. The van der Waals surface area contributed by atoms with Gasteiger partial charge in [0.25, 0.3) is 0 Å². The molecule has 0 aromatic carbocycles. The van der Waals surface area contributed by atoms with Crippen molar-refractivity contribution in [3.8, 4) is 0 Å². The number of thioether (sulfide) groups is 4. The largest absolute Gasteiger partial charge is 0.392 e. The van der Waals surface area contributed by atoms with Crippen molar-refractivity contribution in [2.24, 2.45) is 58.8 Å². The number of amides is 2. The van der Waals surface area contributed by atoms with Crippen LogP contribution in [0.1, 0.15) is 90.9 Å². The van der Waals surface area contributed by atoms with E-state index < -0.39 is 0 Å². The van der Waals surface area contributed by atoms with Gasteiger partial charge in [0.05, 0.1) is 24.4 Å². The lowest BCUT2D eigenvalue weighted by atomic mass is 9.71. The summed E-state index contributed by atoms with van der Waals surface area (Å²) >= 11 is 7.08. The molecule has 8 saturated carbocycles. The third kappa shape index (κ3) is 9.75. The van der Waals surface area contributed by atoms with Gasteiger partial charge < -0.3 is 42.5 Å². The molecule has 14 heteroatoms. The summed E-state index contributed by atoms with van der Waals surface area (Å²) in [7, 11) is 0. The zero-order chi connectivity index (χ0) is 39.4. The molecule has 312 valence electrons. The molecular formula is C40H72N4O6S4. The van der Waals surface area contributed by atoms with Crippen molar-refractivity contribution in [1.82, 2.24) is 10.6 Å². The number of fused-ring (bicyclic) bond motifs is 4. The Bertz CT molecular complexity index is 1120. The molecule has 0 aromatic rings. The standard InChI is InChI=1S/2C12H21NO2S.2C8H15NOS/c2*1-3-4-11(14)13-9-5-8-7(9)6-10(16-2)12(8)15;2*1-11-7-3-4-5(8(7)10)2-6(4)9/h2*7-10,12,15H,3-6H2,1-2H3,(H,13,14);2*4-8,10H,2-3,9H2,1H3/t2*7-,8-,9+,10+,12+;2*4-,5-,6+,7+,8+/m1010/s1. The van der Waals surface area contributed by atoms with Crippen LogP contribution < -0.4 is 22.1 Å². The third-order valence-corrected chi connectivity index (χ3v) is 18.9. The summed E-state index contributed by atoms with van der Waals surface area (Å²) in [5.41, 5.74) is 11.6. The maximum atomic E-state index is 11.5. The Morgan fingerprint density at radius 1 is 0.481 bits per heavy atom. The van der Waals surface area contributed by atoms with Crippen LogP contribution in [0.4, 0.5) is 0 Å². The van der Waals surface area contributed by atoms with Gasteiger partial charge in [-0.1, -0.05) is 13.8 Å². The van der Waals surface area contributed by atoms with Gasteiger partial charge in [0, 0.05) is 58.0 Å². The summed E-state index contributed by atoms with van der Waals surface area (Å²) in [6, 6.07) is 1.42. The molecular weight excluding hydrogens is 761 g/mol. The van der Waals surface area contributed by atoms with Crippen LogP contribution in [-0.2, 0) is 9.59 Å². The van der Waals surface area contributed by atoms with Crippen molar-refractivity contribution in [2.45, 2.75) is 160 Å². The highest BCUT2D eigenvalue weighted by Gasteiger charge is 2.55. The Hall–Kier alpha value is 0.1000. The van der Waals surface area contributed by atoms with Crippen molar-refractivity contribution in [2.75, 3.05) is 25.0 Å². The van der Waals surface area contributed by atoms with E-state index in [4.69, 9.17) is 11.5 Å². The van der Waals surface area contributed by atoms with Crippen molar-refractivity contribution in [3.63, 3.8) is 0 Å². The van der Waals surface area contributed by atoms with Crippen LogP contribution in [0.25, 0.3) is 0 Å². The molecule has 0 radical (unpaired) electrons. The predicted molar refractivity (Wildman–Crippen MR) is 228 cm³/mol. The van der Waals surface area contributed by atoms with Gasteiger partial charge in [0.2, 0.25) is 11.8 Å². The number of hydrogen-bond acceptors (Lipinski definition) is 12. The minimum absolute atomic E-state index is 0.0743. The molecule has 0 unspecified atom stereocenters. The molecule has 10 nitrogen and oxygen atoms in total. The number of carbonyl (C=O) groups excluding carboxylic acids is 2. The Labute approximate surface area is 342 Å². The molecule has 8 fully saturated rings. The van der Waals surface area contributed by atoms with Crippen molar-refractivity contribution in [3.05, 3.63) is 0 Å². The maximum Gasteiger partial charge on any atom is 0.220 e. The number of aliphatic hydroxyl groups is 4. The van der Waals surface area contributed by atoms with E-state index in [-0.39, 0.29) is 36.2 Å². The van der Waals surface area contributed by atoms with Crippen LogP contribution in [0.15, 0.2) is 0 Å². The number of nitrogens with two attached hydrogens (primary N) is 2. The first-order chi connectivity index (χ1) is 25.8. The van der Waals surface area contributed by atoms with Crippen LogP contribution in [0.3, 0.4) is 0 Å². The molecule has 0 spiro atoms. The number of rotatable bonds is 10. The van der Waals surface area contributed by atoms with Crippen LogP contribution in [0.5, 0.6) is 0 Å². The van der Waals surface area contributed by atoms with Gasteiger partial charge in [-0.25, -0.2) is 0 Å². The van der Waals surface area contributed by atoms with E-state index in [9.17, 15) is 30.0 Å². The van der Waals surface area contributed by atoms with Crippen LogP contribution in [0, 0.1) is 47.3 Å². The summed E-state index contributed by atoms with van der Waals surface area (Å²) < 4.78 is 0. The first-order valence-corrected chi connectivity index (χ1v) is 25.9. The number of carbonyl (C=O) groups is 2. The second-order valence-electron chi connectivity index (χ2n) is 17.4. The fourth-order valence-electron chi connectivity index (χ4n) is 11.0. The van der Waals surface area contributed by atoms with E-state index in [0.717, 1.165) is 64.2 Å². The molecule has 0 bridgehead atoms. The van der Waals surface area contributed by atoms with Crippen LogP contribution in [0.2, 0.25) is 0 Å². The van der Waals surface area contributed by atoms with Gasteiger partial charge in [-0.15, -0.1) is 0 Å². The Morgan fingerprint density at radius 3 is 1.00 bits per heavy atom. The van der Waals surface area contributed by atoms with Crippen LogP contribution >= 0.6 is 47.0 Å². The summed E-state index contributed by atoms with van der Waals surface area (Å²) in [4.78, 5) is 23.0. The van der Waals surface area contributed by atoms with Gasteiger partial charge in [0.1, 0.15) is 0 Å². The highest BCUT2D eigenvalue weighted by atomic mass is 32.2. The Balaban J connectivity index is 0.000000140. The van der Waals surface area contributed by atoms with E-state index in [0.29, 0.717) is 105 Å². The first-order valence-electron chi connectivity index (χ1n) is 20.7. The molecule has 54 heavy (non-hydrogen) atoms. The smallest absolute Gasteiger partial charge is 0.220 e. The summed E-state index contributed by atoms with van der Waals surface area (Å²) in [6.45, 7) is 4.04. The van der Waals surface area contributed by atoms with Crippen molar-refractivity contribution in [1.29, 1.82) is 0 Å². The average Bonchev–Trinajstić information content (AvgIpc) is 3.75. The number of nitrogens with one attached hydrogen (secondary N) is 2. The molecule has 0 aromatic heterocycles. The quantitative estimate of drug-likeness (QED) is 0.160. The highest BCUT2D eigenvalue weighted by molar-refractivity contribution is 7.99. The molecule has 2 amide bonds. The Morgan fingerprint density at radius 2 is 0.759 bits per heavy atom. The zero-order valence-electron chi connectivity index (χ0n) is 33.4. The highest BCUT2D eigenvalue weighted by Crippen LogP contribution is 2.52.